The molecule has 2 aliphatic rings. The minimum Gasteiger partial charge on any atom is -0.378 e. The number of fused-ring (bicyclic) bond motifs is 3. The van der Waals surface area contributed by atoms with E-state index in [4.69, 9.17) is 27.9 Å². The summed E-state index contributed by atoms with van der Waals surface area (Å²) in [6.07, 6.45) is 0. The largest absolute Gasteiger partial charge is 0.378 e. The Balaban J connectivity index is 1.76. The molecule has 108 valence electrons. The van der Waals surface area contributed by atoms with Gasteiger partial charge in [0.1, 0.15) is 0 Å². The van der Waals surface area contributed by atoms with E-state index in [1.807, 2.05) is 12.1 Å². The second kappa shape index (κ2) is 5.90. The van der Waals surface area contributed by atoms with Crippen molar-refractivity contribution in [1.29, 1.82) is 0 Å². The van der Waals surface area contributed by atoms with Crippen molar-refractivity contribution in [3.63, 3.8) is 0 Å². The number of nitrogens with zero attached hydrogens (tertiary/aromatic N) is 1. The number of nitrogens with one attached hydrogen (secondary N) is 1. The van der Waals surface area contributed by atoms with Gasteiger partial charge in [-0.25, -0.2) is 0 Å². The minimum atomic E-state index is -0.103. The van der Waals surface area contributed by atoms with Crippen LogP contribution in [0.1, 0.15) is 5.56 Å². The Kier molecular flexibility index (Phi) is 4.17. The molecule has 1 amide bonds. The summed E-state index contributed by atoms with van der Waals surface area (Å²) in [5.74, 6) is -0.00854. The molecule has 0 aliphatic carbocycles. The maximum Gasteiger partial charge on any atom is 0.227 e. The first-order valence-electron chi connectivity index (χ1n) is 6.66. The Morgan fingerprint density at radius 2 is 2.15 bits per heavy atom. The maximum absolute atomic E-state index is 11.9. The highest BCUT2D eigenvalue weighted by Crippen LogP contribution is 2.24. The van der Waals surface area contributed by atoms with Crippen LogP contribution in [0.2, 0.25) is 10.0 Å². The van der Waals surface area contributed by atoms with E-state index in [1.165, 1.54) is 0 Å². The van der Waals surface area contributed by atoms with Gasteiger partial charge in [0.15, 0.2) is 0 Å². The third kappa shape index (κ3) is 3.09. The lowest BCUT2D eigenvalue weighted by Gasteiger charge is -2.27. The molecule has 2 saturated heterocycles. The standard InChI is InChI=1S/C14H16Cl2N2O2/c15-11-2-1-9(13(16)3-11)4-18-5-10-7-20-8-12(6-18)17-14(10)19/h1-3,10,12H,4-8H2,(H,17,19)/t10-,12+/m1/s1. The fourth-order valence-corrected chi connectivity index (χ4v) is 3.21. The number of benzene rings is 1. The molecule has 1 N–H and O–H groups in total. The van der Waals surface area contributed by atoms with Gasteiger partial charge in [-0.1, -0.05) is 29.3 Å². The van der Waals surface area contributed by atoms with Crippen LogP contribution >= 0.6 is 23.2 Å². The molecule has 0 saturated carbocycles. The smallest absolute Gasteiger partial charge is 0.227 e. The van der Waals surface area contributed by atoms with Crippen molar-refractivity contribution >= 4 is 29.1 Å². The summed E-state index contributed by atoms with van der Waals surface area (Å²) < 4.78 is 5.52. The summed E-state index contributed by atoms with van der Waals surface area (Å²) in [6.45, 7) is 3.26. The van der Waals surface area contributed by atoms with Gasteiger partial charge in [0.05, 0.1) is 25.2 Å². The Hall–Kier alpha value is -0.810. The molecule has 1 aromatic rings. The lowest BCUT2D eigenvalue weighted by Crippen LogP contribution is -2.41. The van der Waals surface area contributed by atoms with Crippen LogP contribution < -0.4 is 5.32 Å². The average molecular weight is 315 g/mol. The van der Waals surface area contributed by atoms with E-state index in [0.717, 1.165) is 18.7 Å². The highest BCUT2D eigenvalue weighted by molar-refractivity contribution is 6.35. The second-order valence-corrected chi connectivity index (χ2v) is 6.21. The van der Waals surface area contributed by atoms with E-state index < -0.39 is 0 Å². The number of halogens is 2. The molecule has 2 atom stereocenters. The molecule has 3 rings (SSSR count). The predicted molar refractivity (Wildman–Crippen MR) is 78.0 cm³/mol. The first-order chi connectivity index (χ1) is 9.61. The Morgan fingerprint density at radius 1 is 1.30 bits per heavy atom. The monoisotopic (exact) mass is 314 g/mol. The third-order valence-corrected chi connectivity index (χ3v) is 4.31. The number of carbonyl (C=O) groups excluding carboxylic acids is 1. The van der Waals surface area contributed by atoms with E-state index in [0.29, 0.717) is 29.8 Å². The minimum absolute atomic E-state index is 0.0566. The molecule has 0 radical (unpaired) electrons. The van der Waals surface area contributed by atoms with Crippen molar-refractivity contribution in [2.75, 3.05) is 26.3 Å². The van der Waals surface area contributed by atoms with Crippen molar-refractivity contribution in [3.8, 4) is 0 Å². The molecule has 2 fully saturated rings. The van der Waals surface area contributed by atoms with Crippen LogP contribution in [0.4, 0.5) is 0 Å². The highest BCUT2D eigenvalue weighted by Gasteiger charge is 2.33. The van der Waals surface area contributed by atoms with Crippen molar-refractivity contribution in [3.05, 3.63) is 33.8 Å². The third-order valence-electron chi connectivity index (χ3n) is 3.72. The molecular weight excluding hydrogens is 299 g/mol. The molecule has 2 aliphatic heterocycles. The van der Waals surface area contributed by atoms with Gasteiger partial charge in [-0.15, -0.1) is 0 Å². The molecule has 0 aromatic heterocycles. The summed E-state index contributed by atoms with van der Waals surface area (Å²) in [6, 6.07) is 5.59. The molecule has 0 spiro atoms. The lowest BCUT2D eigenvalue weighted by molar-refractivity contribution is -0.125. The van der Waals surface area contributed by atoms with E-state index in [-0.39, 0.29) is 17.9 Å². The van der Waals surface area contributed by atoms with E-state index in [2.05, 4.69) is 10.2 Å². The van der Waals surface area contributed by atoms with E-state index >= 15 is 0 Å². The van der Waals surface area contributed by atoms with Gasteiger partial charge in [0, 0.05) is 29.7 Å². The number of hydrogen-bond donors (Lipinski definition) is 1. The van der Waals surface area contributed by atoms with Crippen molar-refractivity contribution in [1.82, 2.24) is 10.2 Å². The summed E-state index contributed by atoms with van der Waals surface area (Å²) in [7, 11) is 0. The van der Waals surface area contributed by atoms with Gasteiger partial charge in [-0.05, 0) is 17.7 Å². The molecule has 0 unspecified atom stereocenters. The summed E-state index contributed by atoms with van der Waals surface area (Å²) >= 11 is 12.1. The number of amides is 1. The quantitative estimate of drug-likeness (QED) is 0.907. The Bertz CT molecular complexity index is 524. The first kappa shape index (κ1) is 14.1. The molecule has 2 bridgehead atoms. The van der Waals surface area contributed by atoms with Crippen LogP contribution in [-0.4, -0.2) is 43.2 Å². The van der Waals surface area contributed by atoms with Gasteiger partial charge in [0.25, 0.3) is 0 Å². The SMILES string of the molecule is O=C1N[C@@H]2COC[C@H]1CN(Cc1ccc(Cl)cc1Cl)C2. The van der Waals surface area contributed by atoms with E-state index in [9.17, 15) is 4.79 Å². The van der Waals surface area contributed by atoms with Crippen LogP contribution in [0.25, 0.3) is 0 Å². The zero-order chi connectivity index (χ0) is 14.1. The molecule has 6 heteroatoms. The lowest BCUT2D eigenvalue weighted by atomic mass is 10.1. The Labute approximate surface area is 128 Å². The van der Waals surface area contributed by atoms with Crippen LogP contribution in [-0.2, 0) is 16.1 Å². The zero-order valence-corrected chi connectivity index (χ0v) is 12.5. The fraction of sp³-hybridized carbons (Fsp3) is 0.500. The van der Waals surface area contributed by atoms with Crippen molar-refractivity contribution in [2.45, 2.75) is 12.6 Å². The normalized spacial score (nSPS) is 27.0. The number of carbonyl (C=O) groups is 1. The maximum atomic E-state index is 11.9. The second-order valence-electron chi connectivity index (χ2n) is 5.37. The number of rotatable bonds is 2. The van der Waals surface area contributed by atoms with Crippen molar-refractivity contribution < 1.29 is 9.53 Å². The van der Waals surface area contributed by atoms with Crippen LogP contribution in [0.15, 0.2) is 18.2 Å². The topological polar surface area (TPSA) is 41.6 Å². The van der Waals surface area contributed by atoms with Crippen LogP contribution in [0, 0.1) is 5.92 Å². The number of hydrogen-bond acceptors (Lipinski definition) is 3. The highest BCUT2D eigenvalue weighted by atomic mass is 35.5. The summed E-state index contributed by atoms with van der Waals surface area (Å²) in [4.78, 5) is 14.2. The van der Waals surface area contributed by atoms with Gasteiger partial charge in [-0.2, -0.15) is 0 Å². The summed E-state index contributed by atoms with van der Waals surface area (Å²) in [5, 5.41) is 4.33. The predicted octanol–water partition coefficient (Wildman–Crippen LogP) is 1.94. The van der Waals surface area contributed by atoms with Crippen molar-refractivity contribution in [2.24, 2.45) is 5.92 Å². The molecule has 20 heavy (non-hydrogen) atoms. The molecular formula is C14H16Cl2N2O2. The first-order valence-corrected chi connectivity index (χ1v) is 7.42. The zero-order valence-electron chi connectivity index (χ0n) is 10.9. The van der Waals surface area contributed by atoms with Gasteiger partial charge in [0.2, 0.25) is 5.91 Å². The fourth-order valence-electron chi connectivity index (χ4n) is 2.74. The average Bonchev–Trinajstić information content (AvgIpc) is 2.61. The Morgan fingerprint density at radius 3 is 2.95 bits per heavy atom. The van der Waals surface area contributed by atoms with E-state index in [1.54, 1.807) is 6.07 Å². The van der Waals surface area contributed by atoms with Gasteiger partial charge < -0.3 is 10.1 Å². The number of ether oxygens (including phenoxy) is 1. The van der Waals surface area contributed by atoms with Gasteiger partial charge in [-0.3, -0.25) is 9.69 Å². The van der Waals surface area contributed by atoms with Crippen LogP contribution in [0.5, 0.6) is 0 Å². The molecule has 2 heterocycles. The summed E-state index contributed by atoms with van der Waals surface area (Å²) in [5.41, 5.74) is 1.03. The molecule has 4 nitrogen and oxygen atoms in total. The van der Waals surface area contributed by atoms with Crippen LogP contribution in [0.3, 0.4) is 0 Å². The van der Waals surface area contributed by atoms with Gasteiger partial charge >= 0.3 is 0 Å². The molecule has 1 aromatic carbocycles.